The fourth-order valence-electron chi connectivity index (χ4n) is 3.94. The Bertz CT molecular complexity index is 1320. The van der Waals surface area contributed by atoms with Gasteiger partial charge in [0.15, 0.2) is 10.8 Å². The lowest BCUT2D eigenvalue weighted by atomic mass is 9.98. The number of fused-ring (bicyclic) bond motifs is 1. The van der Waals surface area contributed by atoms with Crippen LogP contribution in [0.3, 0.4) is 0 Å². The molecule has 1 saturated heterocycles. The minimum Gasteiger partial charge on any atom is -0.477 e. The van der Waals surface area contributed by atoms with Crippen molar-refractivity contribution in [2.24, 2.45) is 5.92 Å². The molecule has 0 atom stereocenters. The number of anilines is 1. The van der Waals surface area contributed by atoms with Crippen LogP contribution in [-0.2, 0) is 4.79 Å². The number of carbonyl (C=O) groups is 2. The van der Waals surface area contributed by atoms with Crippen LogP contribution in [0.1, 0.15) is 22.3 Å². The lowest BCUT2D eigenvalue weighted by Crippen LogP contribution is -2.54. The van der Waals surface area contributed by atoms with E-state index in [9.17, 15) is 19.5 Å². The molecule has 0 aliphatic carbocycles. The van der Waals surface area contributed by atoms with Crippen LogP contribution in [0.15, 0.2) is 40.5 Å². The number of carboxylic acids is 1. The summed E-state index contributed by atoms with van der Waals surface area (Å²) in [5, 5.41) is 18.1. The van der Waals surface area contributed by atoms with E-state index in [1.807, 2.05) is 11.1 Å². The highest BCUT2D eigenvalue weighted by Crippen LogP contribution is 2.28. The summed E-state index contributed by atoms with van der Waals surface area (Å²) in [6.45, 7) is 3.62. The fraction of sp³-hybridized carbons (Fsp3) is 0.286. The topological polar surface area (TPSA) is 129 Å². The zero-order valence-corrected chi connectivity index (χ0v) is 18.0. The van der Waals surface area contributed by atoms with E-state index in [1.165, 1.54) is 17.5 Å². The second kappa shape index (κ2) is 7.75. The molecular weight excluding hydrogens is 432 g/mol. The van der Waals surface area contributed by atoms with E-state index >= 15 is 0 Å². The Morgan fingerprint density at radius 2 is 2.16 bits per heavy atom. The van der Waals surface area contributed by atoms with Gasteiger partial charge in [-0.2, -0.15) is 0 Å². The molecule has 0 radical (unpaired) electrons. The van der Waals surface area contributed by atoms with Crippen molar-refractivity contribution in [2.45, 2.75) is 13.3 Å². The molecule has 0 unspecified atom stereocenters. The van der Waals surface area contributed by atoms with Gasteiger partial charge in [0.25, 0.3) is 0 Å². The molecule has 10 nitrogen and oxygen atoms in total. The van der Waals surface area contributed by atoms with Crippen LogP contribution in [0, 0.1) is 12.8 Å². The predicted octanol–water partition coefficient (Wildman–Crippen LogP) is 1.24. The minimum atomic E-state index is -1.30. The average Bonchev–Trinajstić information content (AvgIpc) is 3.40. The maximum Gasteiger partial charge on any atom is 0.341 e. The van der Waals surface area contributed by atoms with Crippen LogP contribution in [0.25, 0.3) is 16.2 Å². The molecule has 3 N–H and O–H groups in total. The molecule has 0 bridgehead atoms. The molecular formula is C21H20N6O4S. The van der Waals surface area contributed by atoms with E-state index in [0.717, 1.165) is 18.7 Å². The Morgan fingerprint density at radius 3 is 2.81 bits per heavy atom. The molecule has 5 heterocycles. The van der Waals surface area contributed by atoms with Gasteiger partial charge < -0.3 is 20.6 Å². The number of nitrogens with one attached hydrogen (secondary N) is 2. The van der Waals surface area contributed by atoms with Gasteiger partial charge >= 0.3 is 5.97 Å². The number of amides is 1. The first-order valence-corrected chi connectivity index (χ1v) is 11.0. The van der Waals surface area contributed by atoms with Gasteiger partial charge in [-0.1, -0.05) is 0 Å². The third-order valence-electron chi connectivity index (χ3n) is 5.67. The lowest BCUT2D eigenvalue weighted by Gasteiger charge is -2.39. The van der Waals surface area contributed by atoms with Crippen molar-refractivity contribution in [3.05, 3.63) is 57.1 Å². The largest absolute Gasteiger partial charge is 0.477 e. The Balaban J connectivity index is 1.49. The second-order valence-corrected chi connectivity index (χ2v) is 8.70. The summed E-state index contributed by atoms with van der Waals surface area (Å²) < 4.78 is 1.55. The number of pyridine rings is 2. The van der Waals surface area contributed by atoms with Gasteiger partial charge in [-0.3, -0.25) is 14.2 Å². The number of hydrogen-bond acceptors (Lipinski definition) is 8. The number of hydrogen-bond donors (Lipinski definition) is 3. The van der Waals surface area contributed by atoms with Gasteiger partial charge in [-0.25, -0.2) is 14.8 Å². The van der Waals surface area contributed by atoms with E-state index in [4.69, 9.17) is 0 Å². The summed E-state index contributed by atoms with van der Waals surface area (Å²) in [5.41, 5.74) is 0.964. The molecule has 0 saturated carbocycles. The number of aromatic carboxylic acids is 1. The highest BCUT2D eigenvalue weighted by Gasteiger charge is 2.34. The maximum absolute atomic E-state index is 12.9. The molecule has 0 aromatic carbocycles. The van der Waals surface area contributed by atoms with E-state index in [1.54, 1.807) is 29.1 Å². The molecule has 2 aliphatic heterocycles. The van der Waals surface area contributed by atoms with Crippen molar-refractivity contribution in [3.8, 4) is 5.13 Å². The summed E-state index contributed by atoms with van der Waals surface area (Å²) in [5.74, 6) is -0.826. The highest BCUT2D eigenvalue weighted by atomic mass is 32.1. The molecule has 3 aromatic heterocycles. The van der Waals surface area contributed by atoms with Gasteiger partial charge in [0.05, 0.1) is 11.3 Å². The Kier molecular flexibility index (Phi) is 4.89. The number of rotatable bonds is 5. The monoisotopic (exact) mass is 452 g/mol. The zero-order chi connectivity index (χ0) is 22.4. The summed E-state index contributed by atoms with van der Waals surface area (Å²) in [6, 6.07) is 1.76. The highest BCUT2D eigenvalue weighted by molar-refractivity contribution is 7.12. The first kappa shape index (κ1) is 20.2. The third kappa shape index (κ3) is 3.40. The van der Waals surface area contributed by atoms with Crippen molar-refractivity contribution in [1.82, 2.24) is 25.2 Å². The number of nitrogens with zero attached hydrogens (tertiary/aromatic N) is 4. The van der Waals surface area contributed by atoms with E-state index in [0.29, 0.717) is 35.2 Å². The first-order chi connectivity index (χ1) is 15.4. The molecule has 32 heavy (non-hydrogen) atoms. The van der Waals surface area contributed by atoms with Gasteiger partial charge in [-0.05, 0) is 18.6 Å². The van der Waals surface area contributed by atoms with Crippen LogP contribution < -0.4 is 21.0 Å². The van der Waals surface area contributed by atoms with Crippen LogP contribution in [0.4, 0.5) is 5.82 Å². The van der Waals surface area contributed by atoms with E-state index in [2.05, 4.69) is 20.6 Å². The summed E-state index contributed by atoms with van der Waals surface area (Å²) >= 11 is 1.32. The molecule has 5 rings (SSSR count). The summed E-state index contributed by atoms with van der Waals surface area (Å²) in [7, 11) is 0. The smallest absolute Gasteiger partial charge is 0.341 e. The van der Waals surface area contributed by atoms with Crippen LogP contribution in [-0.4, -0.2) is 51.2 Å². The van der Waals surface area contributed by atoms with Crippen LogP contribution >= 0.6 is 11.3 Å². The van der Waals surface area contributed by atoms with Gasteiger partial charge in [0, 0.05) is 55.7 Å². The van der Waals surface area contributed by atoms with Crippen molar-refractivity contribution in [3.63, 3.8) is 0 Å². The zero-order valence-electron chi connectivity index (χ0n) is 17.2. The van der Waals surface area contributed by atoms with Gasteiger partial charge in [0.2, 0.25) is 11.3 Å². The lowest BCUT2D eigenvalue weighted by molar-refractivity contribution is -0.125. The molecule has 1 fully saturated rings. The predicted molar refractivity (Wildman–Crippen MR) is 119 cm³/mol. The molecule has 1 amide bonds. The van der Waals surface area contributed by atoms with Crippen LogP contribution in [0.2, 0.25) is 0 Å². The van der Waals surface area contributed by atoms with Crippen molar-refractivity contribution in [2.75, 3.05) is 24.5 Å². The van der Waals surface area contributed by atoms with E-state index < -0.39 is 11.4 Å². The number of aromatic nitrogens is 3. The van der Waals surface area contributed by atoms with Gasteiger partial charge in [0.1, 0.15) is 11.4 Å². The van der Waals surface area contributed by atoms with Crippen molar-refractivity contribution < 1.29 is 14.7 Å². The Hall–Kier alpha value is -3.73. The van der Waals surface area contributed by atoms with Crippen molar-refractivity contribution >= 4 is 40.1 Å². The van der Waals surface area contributed by atoms with Gasteiger partial charge in [-0.15, -0.1) is 11.3 Å². The maximum atomic E-state index is 12.9. The molecule has 3 aromatic rings. The Morgan fingerprint density at radius 1 is 1.34 bits per heavy atom. The second-order valence-electron chi connectivity index (χ2n) is 7.82. The molecule has 11 heteroatoms. The number of aryl methyl sites for hydroxylation is 1. The number of carbonyl (C=O) groups excluding carboxylic acids is 1. The normalized spacial score (nSPS) is 15.9. The standard InChI is InChI=1S/C21H20N6O4S/c1-11-6-15(26-8-12(9-26)19(29)24-13-2-3-22-7-13)25-18-16(11)17(28)14(20(30)31)10-27(18)21-23-4-5-32-21/h4-7,10,12,22H,2-3,8-9H2,1H3,(H,24,29)(H,30,31). The molecule has 2 aliphatic rings. The Labute approximate surface area is 186 Å². The van der Waals surface area contributed by atoms with E-state index in [-0.39, 0.29) is 22.8 Å². The first-order valence-electron chi connectivity index (χ1n) is 10.1. The minimum absolute atomic E-state index is 0.0143. The third-order valence-corrected chi connectivity index (χ3v) is 6.44. The van der Waals surface area contributed by atoms with Crippen molar-refractivity contribution in [1.29, 1.82) is 0 Å². The molecule has 164 valence electrons. The average molecular weight is 452 g/mol. The fourth-order valence-corrected chi connectivity index (χ4v) is 4.55. The number of carboxylic acid groups (broad SMARTS) is 1. The summed E-state index contributed by atoms with van der Waals surface area (Å²) in [6.07, 6.45) is 5.51. The quantitative estimate of drug-likeness (QED) is 0.527. The SMILES string of the molecule is Cc1cc(N2CC(C(=O)NC3=CNCC3)C2)nc2c1c(=O)c(C(=O)O)cn2-c1nccs1. The summed E-state index contributed by atoms with van der Waals surface area (Å²) in [4.78, 5) is 47.9. The van der Waals surface area contributed by atoms with Crippen LogP contribution in [0.5, 0.6) is 0 Å². The molecule has 0 spiro atoms. The number of thiazole rings is 1.